The van der Waals surface area contributed by atoms with Crippen LogP contribution in [-0.2, 0) is 22.5 Å². The van der Waals surface area contributed by atoms with Crippen molar-refractivity contribution in [2.75, 3.05) is 0 Å². The first kappa shape index (κ1) is 23.3. The van der Waals surface area contributed by atoms with Gasteiger partial charge in [-0.25, -0.2) is 32.8 Å². The molecule has 0 saturated carbocycles. The van der Waals surface area contributed by atoms with E-state index in [-0.39, 0.29) is 17.8 Å². The zero-order chi connectivity index (χ0) is 22.5. The van der Waals surface area contributed by atoms with Gasteiger partial charge in [0.25, 0.3) is 0 Å². The van der Waals surface area contributed by atoms with Crippen molar-refractivity contribution in [2.45, 2.75) is 25.0 Å². The molecular formula is C16H16F3N5O5S. The Morgan fingerprint density at radius 3 is 2.33 bits per heavy atom. The van der Waals surface area contributed by atoms with Crippen molar-refractivity contribution >= 4 is 10.4 Å². The Labute approximate surface area is 168 Å². The highest BCUT2D eigenvalue weighted by Crippen LogP contribution is 2.39. The maximum absolute atomic E-state index is 14.4. The molecule has 3 N–H and O–H groups in total. The van der Waals surface area contributed by atoms with E-state index in [2.05, 4.69) is 20.1 Å². The van der Waals surface area contributed by atoms with Gasteiger partial charge in [-0.2, -0.15) is 13.5 Å². The van der Waals surface area contributed by atoms with Gasteiger partial charge in [0.05, 0.1) is 18.4 Å². The molecule has 0 radical (unpaired) electrons. The second-order valence-corrected chi connectivity index (χ2v) is 6.96. The summed E-state index contributed by atoms with van der Waals surface area (Å²) in [7, 11) is -4.67. The minimum absolute atomic E-state index is 0.0960. The predicted molar refractivity (Wildman–Crippen MR) is 94.9 cm³/mol. The van der Waals surface area contributed by atoms with Crippen molar-refractivity contribution in [1.82, 2.24) is 24.7 Å². The molecule has 30 heavy (non-hydrogen) atoms. The molecule has 0 aliphatic rings. The standard InChI is InChI=1S/C16H14F3N5O.H2O4S/c1-10(15-14(19)5-20-7-22-15)16(25,6-24-9-21-8-23-24)12-3-2-11(17)4-13(12)18;1-5(2,3)4/h2-5,7-10,25H,6H2,1H3;(H2,1,2,3,4). The molecule has 1 aromatic carbocycles. The average molecular weight is 447 g/mol. The quantitative estimate of drug-likeness (QED) is 0.494. The third-order valence-electron chi connectivity index (χ3n) is 4.09. The third kappa shape index (κ3) is 6.03. The van der Waals surface area contributed by atoms with Crippen molar-refractivity contribution in [3.05, 3.63) is 72.1 Å². The van der Waals surface area contributed by atoms with E-state index in [0.29, 0.717) is 6.07 Å². The first-order valence-electron chi connectivity index (χ1n) is 8.07. The highest BCUT2D eigenvalue weighted by molar-refractivity contribution is 7.79. The van der Waals surface area contributed by atoms with Gasteiger partial charge < -0.3 is 5.11 Å². The van der Waals surface area contributed by atoms with Gasteiger partial charge in [0.15, 0.2) is 5.82 Å². The van der Waals surface area contributed by atoms with Crippen molar-refractivity contribution in [3.8, 4) is 0 Å². The van der Waals surface area contributed by atoms with E-state index in [4.69, 9.17) is 17.5 Å². The number of benzene rings is 1. The van der Waals surface area contributed by atoms with Gasteiger partial charge in [-0.05, 0) is 6.07 Å². The molecule has 0 aliphatic carbocycles. The zero-order valence-electron chi connectivity index (χ0n) is 15.3. The molecule has 2 heterocycles. The van der Waals surface area contributed by atoms with E-state index in [1.807, 2.05) is 0 Å². The van der Waals surface area contributed by atoms with Crippen LogP contribution in [0.15, 0.2) is 43.4 Å². The summed E-state index contributed by atoms with van der Waals surface area (Å²) in [5.74, 6) is -3.47. The molecule has 0 bridgehead atoms. The van der Waals surface area contributed by atoms with Gasteiger partial charge in [0, 0.05) is 17.5 Å². The predicted octanol–water partition coefficient (Wildman–Crippen LogP) is 1.52. The lowest BCUT2D eigenvalue weighted by molar-refractivity contribution is -0.0133. The van der Waals surface area contributed by atoms with Crippen LogP contribution in [0, 0.1) is 17.5 Å². The summed E-state index contributed by atoms with van der Waals surface area (Å²) in [6, 6.07) is 2.80. The van der Waals surface area contributed by atoms with E-state index in [1.54, 1.807) is 0 Å². The van der Waals surface area contributed by atoms with Crippen molar-refractivity contribution in [1.29, 1.82) is 0 Å². The van der Waals surface area contributed by atoms with Gasteiger partial charge >= 0.3 is 10.4 Å². The highest BCUT2D eigenvalue weighted by atomic mass is 32.3. The van der Waals surface area contributed by atoms with E-state index in [1.165, 1.54) is 24.3 Å². The fourth-order valence-electron chi connectivity index (χ4n) is 2.72. The summed E-state index contributed by atoms with van der Waals surface area (Å²) >= 11 is 0. The summed E-state index contributed by atoms with van der Waals surface area (Å²) in [4.78, 5) is 11.2. The van der Waals surface area contributed by atoms with E-state index >= 15 is 0 Å². The average Bonchev–Trinajstić information content (AvgIpc) is 3.12. The number of aromatic nitrogens is 5. The Morgan fingerprint density at radius 2 is 1.80 bits per heavy atom. The van der Waals surface area contributed by atoms with Crippen LogP contribution >= 0.6 is 0 Å². The Hall–Kier alpha value is -2.94. The molecule has 3 rings (SSSR count). The SMILES string of the molecule is CC(c1ncncc1F)C(O)(Cn1cncn1)c1ccc(F)cc1F.O=S(=O)(O)O. The fraction of sp³-hybridized carbons (Fsp3) is 0.250. The third-order valence-corrected chi connectivity index (χ3v) is 4.09. The van der Waals surface area contributed by atoms with Crippen molar-refractivity contribution < 1.29 is 35.8 Å². The van der Waals surface area contributed by atoms with Crippen LogP contribution in [0.3, 0.4) is 0 Å². The van der Waals surface area contributed by atoms with Gasteiger partial charge in [-0.15, -0.1) is 0 Å². The zero-order valence-corrected chi connectivity index (χ0v) is 16.1. The molecule has 0 fully saturated rings. The molecule has 2 aromatic heterocycles. The largest absolute Gasteiger partial charge is 0.394 e. The summed E-state index contributed by atoms with van der Waals surface area (Å²) in [5, 5.41) is 15.2. The smallest absolute Gasteiger partial charge is 0.382 e. The molecule has 3 aromatic rings. The van der Waals surface area contributed by atoms with Crippen LogP contribution < -0.4 is 0 Å². The number of nitrogens with zero attached hydrogens (tertiary/aromatic N) is 5. The first-order chi connectivity index (χ1) is 13.9. The maximum atomic E-state index is 14.4. The Morgan fingerprint density at radius 1 is 1.13 bits per heavy atom. The first-order valence-corrected chi connectivity index (χ1v) is 9.47. The second kappa shape index (κ2) is 9.25. The Bertz CT molecular complexity index is 1090. The minimum atomic E-state index is -4.67. The van der Waals surface area contributed by atoms with Crippen LogP contribution in [0.5, 0.6) is 0 Å². The Kier molecular flexibility index (Phi) is 7.20. The van der Waals surface area contributed by atoms with E-state index < -0.39 is 39.4 Å². The highest BCUT2D eigenvalue weighted by Gasteiger charge is 2.41. The molecular weight excluding hydrogens is 431 g/mol. The van der Waals surface area contributed by atoms with Crippen LogP contribution in [0.4, 0.5) is 13.2 Å². The molecule has 162 valence electrons. The fourth-order valence-corrected chi connectivity index (χ4v) is 2.72. The second-order valence-electron chi connectivity index (χ2n) is 6.07. The van der Waals surface area contributed by atoms with E-state index in [9.17, 15) is 18.3 Å². The van der Waals surface area contributed by atoms with Crippen LogP contribution in [0.25, 0.3) is 0 Å². The number of hydrogen-bond donors (Lipinski definition) is 3. The van der Waals surface area contributed by atoms with Crippen LogP contribution in [0.2, 0.25) is 0 Å². The normalized spacial score (nSPS) is 14.4. The summed E-state index contributed by atoms with van der Waals surface area (Å²) in [6.45, 7) is 1.26. The van der Waals surface area contributed by atoms with Crippen LogP contribution in [0.1, 0.15) is 24.1 Å². The number of hydrogen-bond acceptors (Lipinski definition) is 7. The molecule has 10 nitrogen and oxygen atoms in total. The lowest BCUT2D eigenvalue weighted by atomic mass is 9.79. The van der Waals surface area contributed by atoms with Crippen molar-refractivity contribution in [2.24, 2.45) is 0 Å². The van der Waals surface area contributed by atoms with Crippen molar-refractivity contribution in [3.63, 3.8) is 0 Å². The van der Waals surface area contributed by atoms with Gasteiger partial charge in [-0.1, -0.05) is 13.0 Å². The summed E-state index contributed by atoms with van der Waals surface area (Å²) in [6.07, 6.45) is 4.66. The van der Waals surface area contributed by atoms with Crippen LogP contribution in [-0.4, -0.2) is 47.4 Å². The van der Waals surface area contributed by atoms with Gasteiger partial charge in [0.1, 0.15) is 36.2 Å². The summed E-state index contributed by atoms with van der Waals surface area (Å²) < 4.78 is 74.6. The molecule has 0 spiro atoms. The maximum Gasteiger partial charge on any atom is 0.394 e. The monoisotopic (exact) mass is 447 g/mol. The Balaban J connectivity index is 0.000000575. The number of rotatable bonds is 5. The van der Waals surface area contributed by atoms with E-state index in [0.717, 1.165) is 24.7 Å². The molecule has 2 unspecified atom stereocenters. The molecule has 0 saturated heterocycles. The number of aliphatic hydroxyl groups is 1. The van der Waals surface area contributed by atoms with Gasteiger partial charge in [-0.3, -0.25) is 9.11 Å². The molecule has 0 amide bonds. The molecule has 14 heteroatoms. The molecule has 2 atom stereocenters. The lowest BCUT2D eigenvalue weighted by Gasteiger charge is -2.34. The molecule has 0 aliphatic heterocycles. The topological polar surface area (TPSA) is 151 Å². The summed E-state index contributed by atoms with van der Waals surface area (Å²) in [5.41, 5.74) is -2.25. The lowest BCUT2D eigenvalue weighted by Crippen LogP contribution is -2.39. The van der Waals surface area contributed by atoms with Gasteiger partial charge in [0.2, 0.25) is 0 Å². The minimum Gasteiger partial charge on any atom is -0.382 e. The number of halogens is 3.